The van der Waals surface area contributed by atoms with Gasteiger partial charge in [0.2, 0.25) is 0 Å². The Hall–Kier alpha value is -3.00. The van der Waals surface area contributed by atoms with E-state index in [2.05, 4.69) is 10.3 Å². The summed E-state index contributed by atoms with van der Waals surface area (Å²) in [5, 5.41) is 3.26. The van der Waals surface area contributed by atoms with Crippen molar-refractivity contribution < 1.29 is 14.3 Å². The number of carbonyl (C=O) groups is 2. The molecule has 0 fully saturated rings. The largest absolute Gasteiger partial charge is 0.467 e. The number of hydrogen-bond donors (Lipinski definition) is 1. The minimum Gasteiger partial charge on any atom is -0.467 e. The second-order valence-corrected chi connectivity index (χ2v) is 7.91. The van der Waals surface area contributed by atoms with E-state index in [1.165, 1.54) is 18.0 Å². The third-order valence-electron chi connectivity index (χ3n) is 4.91. The molecular formula is C21H23N3O4S. The van der Waals surface area contributed by atoms with Gasteiger partial charge in [0.15, 0.2) is 0 Å². The summed E-state index contributed by atoms with van der Waals surface area (Å²) in [5.74, 6) is -0.792. The standard InChI is InChI=1S/C21H23N3O4S/c1-6-15(21(27)28-5)24-10-22-19-16(20(24)26)13(4)17(29-19)18(25)23-14-8-7-11(2)9-12(14)3/h7-10,15H,6H2,1-5H3,(H,23,25)/t15-/m0/s1. The maximum atomic E-state index is 13.0. The Morgan fingerprint density at radius 1 is 1.28 bits per heavy atom. The molecule has 2 aromatic heterocycles. The summed E-state index contributed by atoms with van der Waals surface area (Å²) < 4.78 is 6.07. The Morgan fingerprint density at radius 2 is 2.00 bits per heavy atom. The van der Waals surface area contributed by atoms with E-state index in [0.29, 0.717) is 27.1 Å². The molecule has 0 saturated carbocycles. The van der Waals surface area contributed by atoms with Gasteiger partial charge in [-0.15, -0.1) is 11.3 Å². The van der Waals surface area contributed by atoms with Crippen molar-refractivity contribution in [3.8, 4) is 0 Å². The number of aromatic nitrogens is 2. The average molecular weight is 413 g/mol. The fourth-order valence-electron chi connectivity index (χ4n) is 3.32. The Kier molecular flexibility index (Phi) is 5.83. The smallest absolute Gasteiger partial charge is 0.329 e. The molecule has 152 valence electrons. The highest BCUT2D eigenvalue weighted by Gasteiger charge is 2.25. The summed E-state index contributed by atoms with van der Waals surface area (Å²) in [5.41, 5.74) is 2.99. The number of anilines is 1. The highest BCUT2D eigenvalue weighted by molar-refractivity contribution is 7.20. The number of aryl methyl sites for hydroxylation is 3. The maximum Gasteiger partial charge on any atom is 0.329 e. The number of fused-ring (bicyclic) bond motifs is 1. The van der Waals surface area contributed by atoms with E-state index in [-0.39, 0.29) is 11.5 Å². The Bertz CT molecular complexity index is 1160. The van der Waals surface area contributed by atoms with Gasteiger partial charge in [-0.3, -0.25) is 14.2 Å². The molecule has 0 radical (unpaired) electrons. The minimum atomic E-state index is -0.754. The summed E-state index contributed by atoms with van der Waals surface area (Å²) in [4.78, 5) is 43.1. The summed E-state index contributed by atoms with van der Waals surface area (Å²) in [6, 6.07) is 5.03. The zero-order valence-electron chi connectivity index (χ0n) is 17.0. The normalized spacial score (nSPS) is 12.0. The van der Waals surface area contributed by atoms with Crippen LogP contribution in [0, 0.1) is 20.8 Å². The zero-order chi connectivity index (χ0) is 21.3. The first-order valence-corrected chi connectivity index (χ1v) is 10.1. The van der Waals surface area contributed by atoms with Crippen LogP contribution in [-0.4, -0.2) is 28.5 Å². The van der Waals surface area contributed by atoms with Gasteiger partial charge >= 0.3 is 5.97 Å². The molecule has 0 aliphatic carbocycles. The number of benzene rings is 1. The van der Waals surface area contributed by atoms with Crippen LogP contribution in [0.1, 0.15) is 45.7 Å². The van der Waals surface area contributed by atoms with Crippen LogP contribution in [0.25, 0.3) is 10.2 Å². The number of carbonyl (C=O) groups excluding carboxylic acids is 2. The highest BCUT2D eigenvalue weighted by atomic mass is 32.1. The highest BCUT2D eigenvalue weighted by Crippen LogP contribution is 2.29. The number of nitrogens with one attached hydrogen (secondary N) is 1. The van der Waals surface area contributed by atoms with Crippen LogP contribution in [0.2, 0.25) is 0 Å². The molecule has 8 heteroatoms. The van der Waals surface area contributed by atoms with Crippen molar-refractivity contribution in [2.24, 2.45) is 0 Å². The fourth-order valence-corrected chi connectivity index (χ4v) is 4.36. The van der Waals surface area contributed by atoms with Crippen molar-refractivity contribution in [1.82, 2.24) is 9.55 Å². The quantitative estimate of drug-likeness (QED) is 0.643. The number of ether oxygens (including phenoxy) is 1. The van der Waals surface area contributed by atoms with Crippen LogP contribution in [0.5, 0.6) is 0 Å². The lowest BCUT2D eigenvalue weighted by Crippen LogP contribution is -2.30. The number of esters is 1. The third-order valence-corrected chi connectivity index (χ3v) is 6.11. The molecule has 1 amide bonds. The van der Waals surface area contributed by atoms with Crippen molar-refractivity contribution in [2.45, 2.75) is 40.2 Å². The zero-order valence-corrected chi connectivity index (χ0v) is 17.8. The van der Waals surface area contributed by atoms with Crippen LogP contribution >= 0.6 is 11.3 Å². The Morgan fingerprint density at radius 3 is 2.62 bits per heavy atom. The van der Waals surface area contributed by atoms with Gasteiger partial charge in [-0.2, -0.15) is 0 Å². The molecular weight excluding hydrogens is 390 g/mol. The van der Waals surface area contributed by atoms with Crippen LogP contribution in [0.3, 0.4) is 0 Å². The molecule has 0 aliphatic rings. The van der Waals surface area contributed by atoms with Gasteiger partial charge in [0.1, 0.15) is 10.9 Å². The molecule has 1 aromatic carbocycles. The molecule has 2 heterocycles. The van der Waals surface area contributed by atoms with E-state index in [4.69, 9.17) is 4.74 Å². The fraction of sp³-hybridized carbons (Fsp3) is 0.333. The number of hydrogen-bond acceptors (Lipinski definition) is 6. The first-order valence-electron chi connectivity index (χ1n) is 9.25. The average Bonchev–Trinajstić information content (AvgIpc) is 3.03. The number of thiophene rings is 1. The van der Waals surface area contributed by atoms with E-state index < -0.39 is 12.0 Å². The Labute approximate surface area is 172 Å². The van der Waals surface area contributed by atoms with Crippen LogP contribution < -0.4 is 10.9 Å². The molecule has 1 N–H and O–H groups in total. The van der Waals surface area contributed by atoms with Crippen molar-refractivity contribution in [3.05, 3.63) is 56.4 Å². The number of amides is 1. The minimum absolute atomic E-state index is 0.289. The summed E-state index contributed by atoms with van der Waals surface area (Å²) in [7, 11) is 1.29. The second-order valence-electron chi connectivity index (χ2n) is 6.91. The maximum absolute atomic E-state index is 13.0. The second kappa shape index (κ2) is 8.16. The van der Waals surface area contributed by atoms with Crippen molar-refractivity contribution in [1.29, 1.82) is 0 Å². The van der Waals surface area contributed by atoms with Gasteiger partial charge in [0.05, 0.1) is 23.7 Å². The third kappa shape index (κ3) is 3.80. The lowest BCUT2D eigenvalue weighted by atomic mass is 10.1. The van der Waals surface area contributed by atoms with Crippen molar-refractivity contribution in [3.63, 3.8) is 0 Å². The first kappa shape index (κ1) is 20.7. The molecule has 29 heavy (non-hydrogen) atoms. The first-order chi connectivity index (χ1) is 13.8. The molecule has 7 nitrogen and oxygen atoms in total. The summed E-state index contributed by atoms with van der Waals surface area (Å²) in [6.45, 7) is 7.44. The van der Waals surface area contributed by atoms with Gasteiger partial charge in [0, 0.05) is 5.69 Å². The van der Waals surface area contributed by atoms with Crippen LogP contribution in [-0.2, 0) is 9.53 Å². The molecule has 0 aliphatic heterocycles. The van der Waals surface area contributed by atoms with Crippen molar-refractivity contribution in [2.75, 3.05) is 12.4 Å². The topological polar surface area (TPSA) is 90.3 Å². The lowest BCUT2D eigenvalue weighted by molar-refractivity contribution is -0.144. The number of rotatable bonds is 5. The van der Waals surface area contributed by atoms with E-state index in [1.807, 2.05) is 32.0 Å². The van der Waals surface area contributed by atoms with Crippen molar-refractivity contribution >= 4 is 39.1 Å². The van der Waals surface area contributed by atoms with Gasteiger partial charge in [-0.25, -0.2) is 9.78 Å². The van der Waals surface area contributed by atoms with E-state index in [1.54, 1.807) is 13.8 Å². The molecule has 0 spiro atoms. The monoisotopic (exact) mass is 413 g/mol. The SMILES string of the molecule is CC[C@@H](C(=O)OC)n1cnc2sc(C(=O)Nc3ccc(C)cc3C)c(C)c2c1=O. The van der Waals surface area contributed by atoms with Crippen LogP contribution in [0.15, 0.2) is 29.3 Å². The number of nitrogens with zero attached hydrogens (tertiary/aromatic N) is 2. The molecule has 0 unspecified atom stereocenters. The predicted molar refractivity (Wildman–Crippen MR) is 114 cm³/mol. The van der Waals surface area contributed by atoms with Crippen LogP contribution in [0.4, 0.5) is 5.69 Å². The lowest BCUT2D eigenvalue weighted by Gasteiger charge is -2.15. The molecule has 1 atom stereocenters. The van der Waals surface area contributed by atoms with Gasteiger partial charge in [0.25, 0.3) is 11.5 Å². The molecule has 0 bridgehead atoms. The molecule has 3 aromatic rings. The molecule has 0 saturated heterocycles. The van der Waals surface area contributed by atoms with Gasteiger partial charge in [-0.05, 0) is 44.4 Å². The van der Waals surface area contributed by atoms with Gasteiger partial charge < -0.3 is 10.1 Å². The number of methoxy groups -OCH3 is 1. The van der Waals surface area contributed by atoms with Gasteiger partial charge in [-0.1, -0.05) is 24.6 Å². The summed E-state index contributed by atoms with van der Waals surface area (Å²) in [6.07, 6.45) is 1.74. The van der Waals surface area contributed by atoms with E-state index in [0.717, 1.165) is 28.2 Å². The van der Waals surface area contributed by atoms with E-state index >= 15 is 0 Å². The van der Waals surface area contributed by atoms with E-state index in [9.17, 15) is 14.4 Å². The molecule has 3 rings (SSSR count). The summed E-state index contributed by atoms with van der Waals surface area (Å²) >= 11 is 1.16. The predicted octanol–water partition coefficient (Wildman–Crippen LogP) is 3.76. The Balaban J connectivity index is 2.04.